The summed E-state index contributed by atoms with van der Waals surface area (Å²) in [5, 5.41) is 0. The molecule has 0 bridgehead atoms. The monoisotopic (exact) mass is 277 g/mol. The highest BCUT2D eigenvalue weighted by Gasteiger charge is 2.16. The van der Waals surface area contributed by atoms with Gasteiger partial charge in [-0.05, 0) is 44.0 Å². The number of hydrogen-bond donors (Lipinski definition) is 0. The first kappa shape index (κ1) is 15.0. The lowest BCUT2D eigenvalue weighted by molar-refractivity contribution is 0.0411. The number of carbonyl (C=O) groups is 1. The van der Waals surface area contributed by atoms with Gasteiger partial charge in [0.1, 0.15) is 12.0 Å². The molecule has 1 atom stereocenters. The van der Waals surface area contributed by atoms with Crippen molar-refractivity contribution in [3.63, 3.8) is 0 Å². The minimum absolute atomic E-state index is 0.606. The van der Waals surface area contributed by atoms with Gasteiger partial charge in [-0.1, -0.05) is 0 Å². The van der Waals surface area contributed by atoms with Gasteiger partial charge in [0, 0.05) is 30.8 Å². The molecule has 1 saturated heterocycles. The highest BCUT2D eigenvalue weighted by Crippen LogP contribution is 2.22. The number of hydrogen-bond acceptors (Lipinski definition) is 4. The van der Waals surface area contributed by atoms with Crippen LogP contribution in [-0.4, -0.2) is 45.1 Å². The van der Waals surface area contributed by atoms with Gasteiger partial charge in [-0.2, -0.15) is 0 Å². The second kappa shape index (κ2) is 7.41. The molecule has 1 aliphatic rings. The Hall–Kier alpha value is -1.39. The van der Waals surface area contributed by atoms with E-state index in [4.69, 9.17) is 9.47 Å². The van der Waals surface area contributed by atoms with Gasteiger partial charge in [0.25, 0.3) is 0 Å². The predicted molar refractivity (Wildman–Crippen MR) is 78.3 cm³/mol. The number of aldehydes is 1. The number of nitrogens with zero attached hydrogens (tertiary/aromatic N) is 1. The molecule has 4 nitrogen and oxygen atoms in total. The van der Waals surface area contributed by atoms with Crippen LogP contribution in [-0.2, 0) is 11.3 Å². The summed E-state index contributed by atoms with van der Waals surface area (Å²) < 4.78 is 10.9. The van der Waals surface area contributed by atoms with Gasteiger partial charge in [0.2, 0.25) is 0 Å². The van der Waals surface area contributed by atoms with E-state index in [0.29, 0.717) is 11.5 Å². The molecule has 110 valence electrons. The van der Waals surface area contributed by atoms with Crippen LogP contribution in [0.4, 0.5) is 0 Å². The zero-order chi connectivity index (χ0) is 14.4. The Bertz CT molecular complexity index is 441. The Morgan fingerprint density at radius 1 is 1.50 bits per heavy atom. The summed E-state index contributed by atoms with van der Waals surface area (Å²) in [6.45, 7) is 3.54. The minimum Gasteiger partial charge on any atom is -0.496 e. The molecule has 0 aliphatic carbocycles. The number of rotatable bonds is 6. The number of benzene rings is 1. The van der Waals surface area contributed by atoms with Crippen molar-refractivity contribution in [2.75, 3.05) is 33.9 Å². The number of ether oxygens (including phenoxy) is 2. The summed E-state index contributed by atoms with van der Waals surface area (Å²) in [6.07, 6.45) is 3.26. The van der Waals surface area contributed by atoms with E-state index in [9.17, 15) is 4.79 Å². The molecule has 1 aromatic carbocycles. The van der Waals surface area contributed by atoms with Gasteiger partial charge in [-0.25, -0.2) is 0 Å². The quantitative estimate of drug-likeness (QED) is 0.748. The maximum absolute atomic E-state index is 10.9. The first-order chi connectivity index (χ1) is 9.72. The average molecular weight is 277 g/mol. The average Bonchev–Trinajstić information content (AvgIpc) is 2.48. The van der Waals surface area contributed by atoms with E-state index in [0.717, 1.165) is 50.3 Å². The third kappa shape index (κ3) is 4.05. The zero-order valence-corrected chi connectivity index (χ0v) is 12.3. The molecular formula is C16H23NO3. The summed E-state index contributed by atoms with van der Waals surface area (Å²) >= 11 is 0. The maximum atomic E-state index is 10.9. The molecule has 0 spiro atoms. The SMILES string of the molecule is COc1ccc(C=O)cc1CN(C)CC1CCCOC1. The fourth-order valence-electron chi connectivity index (χ4n) is 2.74. The Labute approximate surface area is 120 Å². The van der Waals surface area contributed by atoms with Crippen molar-refractivity contribution in [2.24, 2.45) is 5.92 Å². The minimum atomic E-state index is 0.606. The second-order valence-electron chi connectivity index (χ2n) is 5.47. The van der Waals surface area contributed by atoms with Crippen LogP contribution in [0, 0.1) is 5.92 Å². The Morgan fingerprint density at radius 3 is 3.00 bits per heavy atom. The molecule has 1 aromatic rings. The van der Waals surface area contributed by atoms with Crippen LogP contribution in [0.2, 0.25) is 0 Å². The van der Waals surface area contributed by atoms with Crippen molar-refractivity contribution in [3.05, 3.63) is 29.3 Å². The van der Waals surface area contributed by atoms with Crippen molar-refractivity contribution in [1.29, 1.82) is 0 Å². The van der Waals surface area contributed by atoms with Crippen molar-refractivity contribution in [1.82, 2.24) is 4.90 Å². The van der Waals surface area contributed by atoms with E-state index in [1.807, 2.05) is 12.1 Å². The van der Waals surface area contributed by atoms with Gasteiger partial charge in [0.05, 0.1) is 13.7 Å². The van der Waals surface area contributed by atoms with E-state index in [1.54, 1.807) is 13.2 Å². The lowest BCUT2D eigenvalue weighted by atomic mass is 10.0. The molecule has 20 heavy (non-hydrogen) atoms. The van der Waals surface area contributed by atoms with Crippen molar-refractivity contribution >= 4 is 6.29 Å². The van der Waals surface area contributed by atoms with E-state index < -0.39 is 0 Å². The Balaban J connectivity index is 1.98. The maximum Gasteiger partial charge on any atom is 0.150 e. The third-order valence-corrected chi connectivity index (χ3v) is 3.71. The van der Waals surface area contributed by atoms with E-state index in [2.05, 4.69) is 11.9 Å². The fourth-order valence-corrected chi connectivity index (χ4v) is 2.74. The number of carbonyl (C=O) groups excluding carboxylic acids is 1. The summed E-state index contributed by atoms with van der Waals surface area (Å²) in [7, 11) is 3.76. The molecule has 1 fully saturated rings. The third-order valence-electron chi connectivity index (χ3n) is 3.71. The fraction of sp³-hybridized carbons (Fsp3) is 0.562. The topological polar surface area (TPSA) is 38.8 Å². The van der Waals surface area contributed by atoms with E-state index in [-0.39, 0.29) is 0 Å². The van der Waals surface area contributed by atoms with E-state index >= 15 is 0 Å². The molecule has 4 heteroatoms. The summed E-state index contributed by atoms with van der Waals surface area (Å²) in [5.41, 5.74) is 1.74. The zero-order valence-electron chi connectivity index (χ0n) is 12.3. The number of methoxy groups -OCH3 is 1. The summed E-state index contributed by atoms with van der Waals surface area (Å²) in [6, 6.07) is 5.54. The normalized spacial score (nSPS) is 19.1. The van der Waals surface area contributed by atoms with Gasteiger partial charge in [-0.15, -0.1) is 0 Å². The second-order valence-corrected chi connectivity index (χ2v) is 5.47. The molecule has 0 saturated carbocycles. The molecular weight excluding hydrogens is 254 g/mol. The molecule has 0 amide bonds. The largest absolute Gasteiger partial charge is 0.496 e. The van der Waals surface area contributed by atoms with Gasteiger partial charge in [-0.3, -0.25) is 4.79 Å². The Morgan fingerprint density at radius 2 is 2.35 bits per heavy atom. The van der Waals surface area contributed by atoms with Crippen molar-refractivity contribution < 1.29 is 14.3 Å². The standard InChI is InChI=1S/C16H23NO3/c1-17(9-14-4-3-7-20-12-14)10-15-8-13(11-18)5-6-16(15)19-2/h5-6,8,11,14H,3-4,7,9-10,12H2,1-2H3. The smallest absolute Gasteiger partial charge is 0.150 e. The molecule has 1 aliphatic heterocycles. The molecule has 0 aromatic heterocycles. The van der Waals surface area contributed by atoms with Crippen molar-refractivity contribution in [3.8, 4) is 5.75 Å². The van der Waals surface area contributed by atoms with Crippen LogP contribution in [0.3, 0.4) is 0 Å². The first-order valence-corrected chi connectivity index (χ1v) is 7.11. The van der Waals surface area contributed by atoms with Crippen LogP contribution < -0.4 is 4.74 Å². The van der Waals surface area contributed by atoms with Crippen LogP contribution >= 0.6 is 0 Å². The van der Waals surface area contributed by atoms with Gasteiger partial charge >= 0.3 is 0 Å². The highest BCUT2D eigenvalue weighted by molar-refractivity contribution is 5.75. The van der Waals surface area contributed by atoms with Crippen molar-refractivity contribution in [2.45, 2.75) is 19.4 Å². The Kier molecular flexibility index (Phi) is 5.56. The first-order valence-electron chi connectivity index (χ1n) is 7.11. The molecule has 0 N–H and O–H groups in total. The summed E-state index contributed by atoms with van der Waals surface area (Å²) in [5.74, 6) is 1.44. The van der Waals surface area contributed by atoms with Gasteiger partial charge < -0.3 is 14.4 Å². The lowest BCUT2D eigenvalue weighted by Crippen LogP contribution is -2.30. The molecule has 1 unspecified atom stereocenters. The van der Waals surface area contributed by atoms with Crippen LogP contribution in [0.1, 0.15) is 28.8 Å². The van der Waals surface area contributed by atoms with Gasteiger partial charge in [0.15, 0.2) is 0 Å². The summed E-state index contributed by atoms with van der Waals surface area (Å²) in [4.78, 5) is 13.2. The highest BCUT2D eigenvalue weighted by atomic mass is 16.5. The molecule has 1 heterocycles. The predicted octanol–water partition coefficient (Wildman–Crippen LogP) is 2.37. The van der Waals surface area contributed by atoms with Crippen LogP contribution in [0.15, 0.2) is 18.2 Å². The lowest BCUT2D eigenvalue weighted by Gasteiger charge is -2.27. The van der Waals surface area contributed by atoms with E-state index in [1.165, 1.54) is 6.42 Å². The molecule has 0 radical (unpaired) electrons. The van der Waals surface area contributed by atoms with Crippen LogP contribution in [0.25, 0.3) is 0 Å². The van der Waals surface area contributed by atoms with Crippen LogP contribution in [0.5, 0.6) is 5.75 Å². The molecule has 2 rings (SSSR count).